The number of pyridine rings is 1. The minimum absolute atomic E-state index is 0.240. The minimum atomic E-state index is -0.744. The highest BCUT2D eigenvalue weighted by Gasteiger charge is 2.18. The van der Waals surface area contributed by atoms with Crippen LogP contribution in [0, 0.1) is 11.6 Å². The number of carbonyl (C=O) groups excluding carboxylic acids is 1. The minimum Gasteiger partial charge on any atom is -0.484 e. The van der Waals surface area contributed by atoms with Crippen LogP contribution < -0.4 is 9.47 Å². The van der Waals surface area contributed by atoms with Crippen LogP contribution in [0.25, 0.3) is 0 Å². The Labute approximate surface area is 161 Å². The van der Waals surface area contributed by atoms with Crippen LogP contribution in [0.3, 0.4) is 0 Å². The molecule has 0 aliphatic heterocycles. The van der Waals surface area contributed by atoms with E-state index in [1.54, 1.807) is 19.1 Å². The van der Waals surface area contributed by atoms with E-state index in [2.05, 4.69) is 4.98 Å². The summed E-state index contributed by atoms with van der Waals surface area (Å²) >= 11 is 0. The predicted octanol–water partition coefficient (Wildman–Crippen LogP) is 5.15. The van der Waals surface area contributed by atoms with Gasteiger partial charge in [0, 0.05) is 11.8 Å². The van der Waals surface area contributed by atoms with Crippen molar-refractivity contribution in [1.29, 1.82) is 0 Å². The van der Waals surface area contributed by atoms with Gasteiger partial charge in [0.1, 0.15) is 29.2 Å². The molecule has 6 heteroatoms. The summed E-state index contributed by atoms with van der Waals surface area (Å²) in [4.78, 5) is 16.8. The number of benzene rings is 2. The van der Waals surface area contributed by atoms with Crippen molar-refractivity contribution < 1.29 is 23.0 Å². The Morgan fingerprint density at radius 1 is 0.821 bits per heavy atom. The van der Waals surface area contributed by atoms with Gasteiger partial charge in [0.15, 0.2) is 6.10 Å². The second kappa shape index (κ2) is 8.61. The van der Waals surface area contributed by atoms with E-state index in [4.69, 9.17) is 9.47 Å². The summed E-state index contributed by atoms with van der Waals surface area (Å²) in [7, 11) is 0. The maximum atomic E-state index is 13.0. The molecule has 0 amide bonds. The first-order chi connectivity index (χ1) is 13.4. The predicted molar refractivity (Wildman–Crippen MR) is 101 cm³/mol. The molecule has 3 aromatic rings. The standard InChI is InChI=1S/C22H19F2NO3/c1-14(27-19-8-4-17(23)5-9-19)21-12-3-16(13-25-21)22(26)15(2)28-20-10-6-18(24)7-11-20/h3-15H,1-2H3/t14-,15-/m0/s1. The van der Waals surface area contributed by atoms with E-state index in [0.717, 1.165) is 0 Å². The summed E-state index contributed by atoms with van der Waals surface area (Å²) in [5, 5.41) is 0. The molecule has 1 aromatic heterocycles. The fourth-order valence-corrected chi connectivity index (χ4v) is 2.57. The molecule has 3 rings (SSSR count). The van der Waals surface area contributed by atoms with Gasteiger partial charge in [-0.1, -0.05) is 0 Å². The second-order valence-electron chi connectivity index (χ2n) is 6.26. The molecule has 2 atom stereocenters. The lowest BCUT2D eigenvalue weighted by Crippen LogP contribution is -2.24. The van der Waals surface area contributed by atoms with Gasteiger partial charge in [-0.3, -0.25) is 9.78 Å². The van der Waals surface area contributed by atoms with Crippen molar-refractivity contribution in [3.63, 3.8) is 0 Å². The van der Waals surface area contributed by atoms with Gasteiger partial charge in [0.05, 0.1) is 5.69 Å². The Balaban J connectivity index is 1.63. The molecule has 144 valence electrons. The van der Waals surface area contributed by atoms with Gasteiger partial charge < -0.3 is 9.47 Å². The van der Waals surface area contributed by atoms with Gasteiger partial charge >= 0.3 is 0 Å². The molecule has 28 heavy (non-hydrogen) atoms. The average molecular weight is 383 g/mol. The highest BCUT2D eigenvalue weighted by molar-refractivity contribution is 5.99. The molecule has 0 unspecified atom stereocenters. The zero-order chi connectivity index (χ0) is 20.1. The molecule has 0 aliphatic rings. The average Bonchev–Trinajstić information content (AvgIpc) is 2.71. The van der Waals surface area contributed by atoms with Crippen molar-refractivity contribution in [2.24, 2.45) is 0 Å². The van der Waals surface area contributed by atoms with Crippen LogP contribution >= 0.6 is 0 Å². The molecule has 0 saturated heterocycles. The van der Waals surface area contributed by atoms with Crippen LogP contribution in [0.5, 0.6) is 11.5 Å². The fourth-order valence-electron chi connectivity index (χ4n) is 2.57. The molecule has 0 N–H and O–H groups in total. The summed E-state index contributed by atoms with van der Waals surface area (Å²) in [6, 6.07) is 14.5. The number of rotatable bonds is 7. The highest BCUT2D eigenvalue weighted by atomic mass is 19.1. The van der Waals surface area contributed by atoms with Crippen molar-refractivity contribution in [2.75, 3.05) is 0 Å². The van der Waals surface area contributed by atoms with Crippen molar-refractivity contribution in [1.82, 2.24) is 4.98 Å². The molecule has 0 radical (unpaired) electrons. The van der Waals surface area contributed by atoms with E-state index in [1.807, 2.05) is 6.92 Å². The van der Waals surface area contributed by atoms with Crippen molar-refractivity contribution >= 4 is 5.78 Å². The molecular weight excluding hydrogens is 364 g/mol. The topological polar surface area (TPSA) is 48.4 Å². The lowest BCUT2D eigenvalue weighted by atomic mass is 10.1. The van der Waals surface area contributed by atoms with E-state index in [9.17, 15) is 13.6 Å². The first-order valence-corrected chi connectivity index (χ1v) is 8.77. The summed E-state index contributed by atoms with van der Waals surface area (Å²) < 4.78 is 37.2. The number of nitrogens with zero attached hydrogens (tertiary/aromatic N) is 1. The van der Waals surface area contributed by atoms with E-state index in [0.29, 0.717) is 22.8 Å². The monoisotopic (exact) mass is 383 g/mol. The van der Waals surface area contributed by atoms with Gasteiger partial charge in [-0.25, -0.2) is 8.78 Å². The summed E-state index contributed by atoms with van der Waals surface area (Å²) in [5.41, 5.74) is 1.03. The molecule has 0 fully saturated rings. The Morgan fingerprint density at radius 3 is 1.86 bits per heavy atom. The molecule has 1 heterocycles. The van der Waals surface area contributed by atoms with Crippen molar-refractivity contribution in [3.8, 4) is 11.5 Å². The Morgan fingerprint density at radius 2 is 1.36 bits per heavy atom. The molecule has 4 nitrogen and oxygen atoms in total. The maximum absolute atomic E-state index is 13.0. The largest absolute Gasteiger partial charge is 0.484 e. The van der Waals surface area contributed by atoms with E-state index < -0.39 is 6.10 Å². The number of hydrogen-bond donors (Lipinski definition) is 0. The van der Waals surface area contributed by atoms with E-state index in [1.165, 1.54) is 54.7 Å². The number of carbonyl (C=O) groups is 1. The smallest absolute Gasteiger partial charge is 0.204 e. The lowest BCUT2D eigenvalue weighted by Gasteiger charge is -2.16. The van der Waals surface area contributed by atoms with Crippen molar-refractivity contribution in [2.45, 2.75) is 26.1 Å². The van der Waals surface area contributed by atoms with E-state index >= 15 is 0 Å². The van der Waals surface area contributed by atoms with Gasteiger partial charge in [0.25, 0.3) is 0 Å². The number of hydrogen-bond acceptors (Lipinski definition) is 4. The molecular formula is C22H19F2NO3. The summed E-state index contributed by atoms with van der Waals surface area (Å²) in [6.07, 6.45) is 0.348. The van der Waals surface area contributed by atoms with Gasteiger partial charge in [-0.2, -0.15) is 0 Å². The van der Waals surface area contributed by atoms with Gasteiger partial charge in [0.2, 0.25) is 5.78 Å². The molecule has 0 bridgehead atoms. The third-order valence-electron chi connectivity index (χ3n) is 4.11. The summed E-state index contributed by atoms with van der Waals surface area (Å²) in [6.45, 7) is 3.44. The normalized spacial score (nSPS) is 12.9. The fraction of sp³-hybridized carbons (Fsp3) is 0.182. The number of aromatic nitrogens is 1. The maximum Gasteiger partial charge on any atom is 0.204 e. The third-order valence-corrected chi connectivity index (χ3v) is 4.11. The van der Waals surface area contributed by atoms with Gasteiger partial charge in [-0.05, 0) is 74.5 Å². The Bertz CT molecular complexity index is 926. The molecule has 0 saturated carbocycles. The first-order valence-electron chi connectivity index (χ1n) is 8.77. The van der Waals surface area contributed by atoms with Crippen LogP contribution in [0.4, 0.5) is 8.78 Å². The third kappa shape index (κ3) is 4.91. The number of Topliss-reactive ketones (excluding diaryl/α,β-unsaturated/α-hetero) is 1. The number of halogens is 2. The number of ketones is 1. The lowest BCUT2D eigenvalue weighted by molar-refractivity contribution is 0.0817. The molecule has 2 aromatic carbocycles. The summed E-state index contributed by atoms with van der Waals surface area (Å²) in [5.74, 6) is -0.0122. The van der Waals surface area contributed by atoms with Crippen molar-refractivity contribution in [3.05, 3.63) is 89.8 Å². The van der Waals surface area contributed by atoms with Crippen LogP contribution in [0.2, 0.25) is 0 Å². The Hall–Kier alpha value is -3.28. The SMILES string of the molecule is C[C@H](Oc1ccc(F)cc1)C(=O)c1ccc([C@H](C)Oc2ccc(F)cc2)nc1. The highest BCUT2D eigenvalue weighted by Crippen LogP contribution is 2.21. The van der Waals surface area contributed by atoms with Crippen LogP contribution in [0.1, 0.15) is 36.0 Å². The Kier molecular flexibility index (Phi) is 5.99. The zero-order valence-electron chi connectivity index (χ0n) is 15.4. The first kappa shape index (κ1) is 19.5. The quantitative estimate of drug-likeness (QED) is 0.530. The van der Waals surface area contributed by atoms with Crippen LogP contribution in [-0.2, 0) is 0 Å². The zero-order valence-corrected chi connectivity index (χ0v) is 15.4. The van der Waals surface area contributed by atoms with E-state index in [-0.39, 0.29) is 23.5 Å². The van der Waals surface area contributed by atoms with Gasteiger partial charge in [-0.15, -0.1) is 0 Å². The number of ether oxygens (including phenoxy) is 2. The van der Waals surface area contributed by atoms with Crippen LogP contribution in [0.15, 0.2) is 66.9 Å². The molecule has 0 aliphatic carbocycles. The molecule has 0 spiro atoms. The second-order valence-corrected chi connectivity index (χ2v) is 6.26. The van der Waals surface area contributed by atoms with Crippen LogP contribution in [-0.4, -0.2) is 16.9 Å².